The van der Waals surface area contributed by atoms with Crippen LogP contribution < -0.4 is 16.0 Å². The Morgan fingerprint density at radius 3 is 2.92 bits per heavy atom. The first-order valence-corrected chi connectivity index (χ1v) is 9.45. The maximum atomic E-state index is 4.09. The normalized spacial score (nSPS) is 20.4. The van der Waals surface area contributed by atoms with Crippen LogP contribution in [0.5, 0.6) is 0 Å². The molecule has 0 aliphatic heterocycles. The van der Waals surface area contributed by atoms with Crippen molar-refractivity contribution in [3.8, 4) is 0 Å². The summed E-state index contributed by atoms with van der Waals surface area (Å²) in [6.07, 6.45) is 11.4. The van der Waals surface area contributed by atoms with Crippen molar-refractivity contribution in [2.75, 3.05) is 40.3 Å². The molecule has 142 valence electrons. The van der Waals surface area contributed by atoms with E-state index in [1.807, 2.05) is 20.2 Å². The Labute approximate surface area is 154 Å². The zero-order valence-corrected chi connectivity index (χ0v) is 16.6. The van der Waals surface area contributed by atoms with Gasteiger partial charge < -0.3 is 16.0 Å². The van der Waals surface area contributed by atoms with Crippen molar-refractivity contribution >= 4 is 5.84 Å². The van der Waals surface area contributed by atoms with E-state index in [0.717, 1.165) is 37.7 Å². The van der Waals surface area contributed by atoms with Gasteiger partial charge in [-0.25, -0.2) is 0 Å². The summed E-state index contributed by atoms with van der Waals surface area (Å²) in [7, 11) is 3.72. The summed E-state index contributed by atoms with van der Waals surface area (Å²) in [6, 6.07) is 0.672. The van der Waals surface area contributed by atoms with Crippen molar-refractivity contribution in [3.05, 3.63) is 36.2 Å². The standard InChI is InChI=1S/C20H37N5/c1-6-25(14-13-23-16-17(2)24-18(3)22-5)20-11-7-9-19(15-20)10-8-12-21-4/h8,10,12,20-21,23H,2,6-7,9,11,13-16H2,1,3-5H3,(H,22,24)/b12-8-,19-10-. The molecule has 1 aliphatic rings. The summed E-state index contributed by atoms with van der Waals surface area (Å²) in [6.45, 7) is 12.2. The van der Waals surface area contributed by atoms with Gasteiger partial charge in [-0.2, -0.15) is 0 Å². The lowest BCUT2D eigenvalue weighted by Crippen LogP contribution is -2.41. The molecule has 3 N–H and O–H groups in total. The first kappa shape index (κ1) is 21.5. The van der Waals surface area contributed by atoms with Gasteiger partial charge in [0.1, 0.15) is 0 Å². The minimum Gasteiger partial charge on any atom is -0.394 e. The van der Waals surface area contributed by atoms with Gasteiger partial charge >= 0.3 is 0 Å². The quantitative estimate of drug-likeness (QED) is 0.323. The Morgan fingerprint density at radius 2 is 2.24 bits per heavy atom. The second-order valence-electron chi connectivity index (χ2n) is 6.57. The molecule has 0 aromatic carbocycles. The van der Waals surface area contributed by atoms with E-state index in [4.69, 9.17) is 0 Å². The third-order valence-corrected chi connectivity index (χ3v) is 4.66. The zero-order chi connectivity index (χ0) is 18.5. The van der Waals surface area contributed by atoms with E-state index < -0.39 is 0 Å². The highest BCUT2D eigenvalue weighted by atomic mass is 15.2. The molecule has 5 heteroatoms. The molecule has 1 aliphatic carbocycles. The number of hydrogen-bond donors (Lipinski definition) is 3. The number of allylic oxidation sites excluding steroid dienone is 2. The Hall–Kier alpha value is -1.59. The topological polar surface area (TPSA) is 51.7 Å². The summed E-state index contributed by atoms with van der Waals surface area (Å²) in [5.41, 5.74) is 2.53. The molecule has 0 saturated heterocycles. The fourth-order valence-electron chi connectivity index (χ4n) is 3.23. The molecular formula is C20H37N5. The molecule has 0 heterocycles. The minimum absolute atomic E-state index is 0.672. The van der Waals surface area contributed by atoms with E-state index in [1.165, 1.54) is 25.7 Å². The second kappa shape index (κ2) is 12.7. The SMILES string of the molecule is C=C(CNCCN(CC)C1CCC/C(=C/C=C\NC)C1)NC(C)=NC. The predicted octanol–water partition coefficient (Wildman–Crippen LogP) is 2.65. The molecule has 0 spiro atoms. The van der Waals surface area contributed by atoms with Crippen molar-refractivity contribution in [1.82, 2.24) is 20.9 Å². The maximum absolute atomic E-state index is 4.09. The Morgan fingerprint density at radius 1 is 1.44 bits per heavy atom. The number of amidine groups is 1. The first-order chi connectivity index (χ1) is 12.1. The molecule has 1 saturated carbocycles. The third-order valence-electron chi connectivity index (χ3n) is 4.66. The number of hydrogen-bond acceptors (Lipinski definition) is 4. The number of nitrogens with zero attached hydrogens (tertiary/aromatic N) is 2. The first-order valence-electron chi connectivity index (χ1n) is 9.45. The van der Waals surface area contributed by atoms with Crippen molar-refractivity contribution in [1.29, 1.82) is 0 Å². The van der Waals surface area contributed by atoms with Crippen LogP contribution in [-0.4, -0.2) is 57.1 Å². The zero-order valence-electron chi connectivity index (χ0n) is 16.6. The van der Waals surface area contributed by atoms with Crippen LogP contribution in [0.4, 0.5) is 0 Å². The van der Waals surface area contributed by atoms with Gasteiger partial charge in [-0.3, -0.25) is 9.89 Å². The van der Waals surface area contributed by atoms with Crippen molar-refractivity contribution in [2.24, 2.45) is 4.99 Å². The summed E-state index contributed by atoms with van der Waals surface area (Å²) < 4.78 is 0. The molecule has 0 aromatic heterocycles. The van der Waals surface area contributed by atoms with E-state index in [2.05, 4.69) is 51.5 Å². The minimum atomic E-state index is 0.672. The number of nitrogens with one attached hydrogen (secondary N) is 3. The Balaban J connectivity index is 2.36. The summed E-state index contributed by atoms with van der Waals surface area (Å²) in [5, 5.41) is 9.71. The van der Waals surface area contributed by atoms with Crippen LogP contribution >= 0.6 is 0 Å². The molecule has 0 bridgehead atoms. The number of likely N-dealkylation sites (N-methyl/N-ethyl adjacent to an activating group) is 1. The van der Waals surface area contributed by atoms with E-state index in [1.54, 1.807) is 12.6 Å². The van der Waals surface area contributed by atoms with Crippen LogP contribution in [0.15, 0.2) is 41.2 Å². The summed E-state index contributed by atoms with van der Waals surface area (Å²) in [5.74, 6) is 0.899. The Bertz CT molecular complexity index is 478. The number of rotatable bonds is 10. The molecule has 0 aromatic rings. The van der Waals surface area contributed by atoms with E-state index in [9.17, 15) is 0 Å². The summed E-state index contributed by atoms with van der Waals surface area (Å²) >= 11 is 0. The van der Waals surface area contributed by atoms with Gasteiger partial charge in [0.05, 0.1) is 5.84 Å². The van der Waals surface area contributed by atoms with E-state index >= 15 is 0 Å². The molecular weight excluding hydrogens is 310 g/mol. The van der Waals surface area contributed by atoms with E-state index in [-0.39, 0.29) is 0 Å². The average Bonchev–Trinajstić information content (AvgIpc) is 2.62. The highest BCUT2D eigenvalue weighted by Gasteiger charge is 2.21. The van der Waals surface area contributed by atoms with Gasteiger partial charge in [-0.1, -0.05) is 25.2 Å². The smallest absolute Gasteiger partial charge is 0.0969 e. The largest absolute Gasteiger partial charge is 0.394 e. The van der Waals surface area contributed by atoms with Crippen LogP contribution in [0.3, 0.4) is 0 Å². The molecule has 0 radical (unpaired) electrons. The highest BCUT2D eigenvalue weighted by Crippen LogP contribution is 2.27. The van der Waals surface area contributed by atoms with Crippen LogP contribution in [0.1, 0.15) is 39.5 Å². The van der Waals surface area contributed by atoms with Crippen LogP contribution in [-0.2, 0) is 0 Å². The monoisotopic (exact) mass is 347 g/mol. The molecule has 1 unspecified atom stereocenters. The van der Waals surface area contributed by atoms with Crippen LogP contribution in [0.2, 0.25) is 0 Å². The molecule has 0 amide bonds. The molecule has 25 heavy (non-hydrogen) atoms. The van der Waals surface area contributed by atoms with Crippen LogP contribution in [0.25, 0.3) is 0 Å². The van der Waals surface area contributed by atoms with Crippen molar-refractivity contribution in [2.45, 2.75) is 45.6 Å². The third kappa shape index (κ3) is 8.89. The van der Waals surface area contributed by atoms with Gasteiger partial charge in [-0.05, 0) is 51.4 Å². The van der Waals surface area contributed by atoms with Gasteiger partial charge in [0, 0.05) is 45.5 Å². The van der Waals surface area contributed by atoms with Gasteiger partial charge in [0.25, 0.3) is 0 Å². The lowest BCUT2D eigenvalue weighted by atomic mass is 9.89. The van der Waals surface area contributed by atoms with Gasteiger partial charge in [0.15, 0.2) is 0 Å². The molecule has 1 atom stereocenters. The van der Waals surface area contributed by atoms with Crippen molar-refractivity contribution in [3.63, 3.8) is 0 Å². The fraction of sp³-hybridized carbons (Fsp3) is 0.650. The fourth-order valence-corrected chi connectivity index (χ4v) is 3.23. The van der Waals surface area contributed by atoms with Crippen LogP contribution in [0, 0.1) is 0 Å². The summed E-state index contributed by atoms with van der Waals surface area (Å²) in [4.78, 5) is 6.70. The van der Waals surface area contributed by atoms with Gasteiger partial charge in [0.2, 0.25) is 0 Å². The van der Waals surface area contributed by atoms with Crippen molar-refractivity contribution < 1.29 is 0 Å². The van der Waals surface area contributed by atoms with E-state index in [0.29, 0.717) is 6.04 Å². The lowest BCUT2D eigenvalue weighted by molar-refractivity contribution is 0.182. The Kier molecular flexibility index (Phi) is 10.9. The predicted molar refractivity (Wildman–Crippen MR) is 110 cm³/mol. The lowest BCUT2D eigenvalue weighted by Gasteiger charge is -2.34. The molecule has 5 nitrogen and oxygen atoms in total. The maximum Gasteiger partial charge on any atom is 0.0969 e. The molecule has 1 rings (SSSR count). The van der Waals surface area contributed by atoms with Gasteiger partial charge in [-0.15, -0.1) is 0 Å². The highest BCUT2D eigenvalue weighted by molar-refractivity contribution is 5.80. The number of aliphatic imine (C=N–C) groups is 1. The average molecular weight is 348 g/mol. The molecule has 1 fully saturated rings. The second-order valence-corrected chi connectivity index (χ2v) is 6.57.